The van der Waals surface area contributed by atoms with E-state index in [4.69, 9.17) is 0 Å². The summed E-state index contributed by atoms with van der Waals surface area (Å²) in [7, 11) is 0. The molecule has 0 heteroatoms. The van der Waals surface area contributed by atoms with E-state index in [-0.39, 0.29) is 0 Å². The van der Waals surface area contributed by atoms with Crippen molar-refractivity contribution in [3.8, 4) is 11.1 Å². The summed E-state index contributed by atoms with van der Waals surface area (Å²) in [5.41, 5.74) is 10.6. The fourth-order valence-electron chi connectivity index (χ4n) is 3.47. The lowest BCUT2D eigenvalue weighted by Crippen LogP contribution is -1.84. The molecular formula is C22H18. The van der Waals surface area contributed by atoms with Crippen molar-refractivity contribution >= 4 is 11.6 Å². The molecule has 0 N–H and O–H groups in total. The molecule has 1 aliphatic carbocycles. The molecular weight excluding hydrogens is 264 g/mol. The number of rotatable bonds is 1. The zero-order valence-corrected chi connectivity index (χ0v) is 12.9. The number of hydrogen-bond acceptors (Lipinski definition) is 0. The lowest BCUT2D eigenvalue weighted by atomic mass is 9.99. The molecule has 0 aromatic heterocycles. The van der Waals surface area contributed by atoms with Gasteiger partial charge in [0.15, 0.2) is 0 Å². The lowest BCUT2D eigenvalue weighted by molar-refractivity contribution is 1.37. The second-order valence-electron chi connectivity index (χ2n) is 6.07. The van der Waals surface area contributed by atoms with E-state index in [0.717, 1.165) is 0 Å². The topological polar surface area (TPSA) is 0 Å². The normalized spacial score (nSPS) is 12.0. The van der Waals surface area contributed by atoms with Crippen molar-refractivity contribution in [2.45, 2.75) is 13.8 Å². The van der Waals surface area contributed by atoms with Crippen molar-refractivity contribution < 1.29 is 0 Å². The summed E-state index contributed by atoms with van der Waals surface area (Å²) in [6.45, 7) is 4.32. The highest BCUT2D eigenvalue weighted by molar-refractivity contribution is 6.06. The molecule has 0 bridgehead atoms. The minimum atomic E-state index is 1.28. The summed E-state index contributed by atoms with van der Waals surface area (Å²) in [6, 6.07) is 24.1. The molecule has 0 atom stereocenters. The Morgan fingerprint density at radius 2 is 1.05 bits per heavy atom. The Labute approximate surface area is 131 Å². The molecule has 3 aromatic carbocycles. The molecule has 0 unspecified atom stereocenters. The predicted octanol–water partition coefficient (Wildman–Crippen LogP) is 5.87. The number of hydrogen-bond donors (Lipinski definition) is 0. The molecule has 3 aromatic rings. The molecule has 0 radical (unpaired) electrons. The van der Waals surface area contributed by atoms with E-state index < -0.39 is 0 Å². The number of fused-ring (bicyclic) bond motifs is 3. The summed E-state index contributed by atoms with van der Waals surface area (Å²) in [4.78, 5) is 0. The molecule has 0 amide bonds. The van der Waals surface area contributed by atoms with Gasteiger partial charge in [-0.2, -0.15) is 0 Å². The van der Waals surface area contributed by atoms with E-state index in [2.05, 4.69) is 86.7 Å². The van der Waals surface area contributed by atoms with Crippen LogP contribution >= 0.6 is 0 Å². The number of benzene rings is 3. The predicted molar refractivity (Wildman–Crippen MR) is 94.8 cm³/mol. The Hall–Kier alpha value is -2.60. The first-order valence-corrected chi connectivity index (χ1v) is 7.71. The maximum atomic E-state index is 2.32. The maximum Gasteiger partial charge on any atom is -0.00930 e. The Balaban J connectivity index is 1.96. The average Bonchev–Trinajstić information content (AvgIpc) is 2.81. The molecule has 0 spiro atoms. The third-order valence-electron chi connectivity index (χ3n) is 4.28. The Morgan fingerprint density at radius 3 is 1.55 bits per heavy atom. The van der Waals surface area contributed by atoms with E-state index in [1.807, 2.05) is 0 Å². The first kappa shape index (κ1) is 13.1. The van der Waals surface area contributed by atoms with Crippen LogP contribution in [0.1, 0.15) is 27.8 Å². The SMILES string of the molecule is Cc1cc(C)cc(C=C2c3ccccc3-c3ccccc32)c1. The van der Waals surface area contributed by atoms with Crippen LogP contribution in [0.25, 0.3) is 22.8 Å². The zero-order valence-electron chi connectivity index (χ0n) is 12.9. The van der Waals surface area contributed by atoms with Crippen LogP contribution in [0.5, 0.6) is 0 Å². The summed E-state index contributed by atoms with van der Waals surface area (Å²) < 4.78 is 0. The fraction of sp³-hybridized carbons (Fsp3) is 0.0909. The van der Waals surface area contributed by atoms with Crippen molar-refractivity contribution in [3.63, 3.8) is 0 Å². The van der Waals surface area contributed by atoms with Gasteiger partial charge in [-0.25, -0.2) is 0 Å². The van der Waals surface area contributed by atoms with E-state index in [0.29, 0.717) is 0 Å². The average molecular weight is 282 g/mol. The molecule has 22 heavy (non-hydrogen) atoms. The van der Waals surface area contributed by atoms with Gasteiger partial charge in [-0.3, -0.25) is 0 Å². The first-order chi connectivity index (χ1) is 10.7. The highest BCUT2D eigenvalue weighted by atomic mass is 14.2. The highest BCUT2D eigenvalue weighted by Crippen LogP contribution is 2.44. The first-order valence-electron chi connectivity index (χ1n) is 7.71. The standard InChI is InChI=1S/C22H18/c1-15-11-16(2)13-17(12-15)14-22-20-9-5-3-7-18(20)19-8-4-6-10-21(19)22/h3-14H,1-2H3. The van der Waals surface area contributed by atoms with E-state index in [1.165, 1.54) is 44.5 Å². The van der Waals surface area contributed by atoms with E-state index >= 15 is 0 Å². The van der Waals surface area contributed by atoms with Gasteiger partial charge in [0, 0.05) is 0 Å². The van der Waals surface area contributed by atoms with Gasteiger partial charge in [0.2, 0.25) is 0 Å². The van der Waals surface area contributed by atoms with Crippen LogP contribution < -0.4 is 0 Å². The molecule has 0 heterocycles. The third-order valence-corrected chi connectivity index (χ3v) is 4.28. The van der Waals surface area contributed by atoms with Crippen molar-refractivity contribution in [3.05, 3.63) is 94.5 Å². The van der Waals surface area contributed by atoms with E-state index in [1.54, 1.807) is 0 Å². The van der Waals surface area contributed by atoms with Gasteiger partial charge in [0.05, 0.1) is 0 Å². The summed E-state index contributed by atoms with van der Waals surface area (Å²) in [5.74, 6) is 0. The van der Waals surface area contributed by atoms with Gasteiger partial charge in [-0.1, -0.05) is 77.9 Å². The smallest absolute Gasteiger partial charge is 0.00930 e. The Kier molecular flexibility index (Phi) is 2.97. The summed E-state index contributed by atoms with van der Waals surface area (Å²) >= 11 is 0. The number of aryl methyl sites for hydroxylation is 2. The van der Waals surface area contributed by atoms with Crippen LogP contribution in [0.3, 0.4) is 0 Å². The second kappa shape index (κ2) is 4.99. The van der Waals surface area contributed by atoms with E-state index in [9.17, 15) is 0 Å². The largest absolute Gasteiger partial charge is 0.0616 e. The molecule has 106 valence electrons. The lowest BCUT2D eigenvalue weighted by Gasteiger charge is -2.05. The Morgan fingerprint density at radius 1 is 0.591 bits per heavy atom. The summed E-state index contributed by atoms with van der Waals surface area (Å²) in [5, 5.41) is 0. The summed E-state index contributed by atoms with van der Waals surface area (Å²) in [6.07, 6.45) is 2.32. The zero-order chi connectivity index (χ0) is 15.1. The van der Waals surface area contributed by atoms with Gasteiger partial charge in [-0.05, 0) is 53.3 Å². The van der Waals surface area contributed by atoms with Crippen LogP contribution in [0.15, 0.2) is 66.7 Å². The van der Waals surface area contributed by atoms with Gasteiger partial charge >= 0.3 is 0 Å². The fourth-order valence-corrected chi connectivity index (χ4v) is 3.47. The molecule has 4 rings (SSSR count). The van der Waals surface area contributed by atoms with Gasteiger partial charge in [-0.15, -0.1) is 0 Å². The van der Waals surface area contributed by atoms with Crippen LogP contribution in [0.2, 0.25) is 0 Å². The third kappa shape index (κ3) is 2.08. The monoisotopic (exact) mass is 282 g/mol. The minimum absolute atomic E-state index is 1.28. The van der Waals surface area contributed by atoms with Crippen molar-refractivity contribution in [1.29, 1.82) is 0 Å². The van der Waals surface area contributed by atoms with Crippen LogP contribution in [0.4, 0.5) is 0 Å². The van der Waals surface area contributed by atoms with Crippen LogP contribution in [-0.2, 0) is 0 Å². The van der Waals surface area contributed by atoms with Crippen molar-refractivity contribution in [1.82, 2.24) is 0 Å². The molecule has 0 saturated carbocycles. The van der Waals surface area contributed by atoms with Crippen molar-refractivity contribution in [2.24, 2.45) is 0 Å². The molecule has 1 aliphatic rings. The highest BCUT2D eigenvalue weighted by Gasteiger charge is 2.22. The molecule has 0 aliphatic heterocycles. The minimum Gasteiger partial charge on any atom is -0.0616 e. The van der Waals surface area contributed by atoms with Crippen molar-refractivity contribution in [2.75, 3.05) is 0 Å². The van der Waals surface area contributed by atoms with Crippen LogP contribution in [0, 0.1) is 13.8 Å². The van der Waals surface area contributed by atoms with Gasteiger partial charge in [0.25, 0.3) is 0 Å². The molecule has 0 saturated heterocycles. The Bertz CT molecular complexity index is 830. The molecule has 0 fully saturated rings. The maximum absolute atomic E-state index is 2.32. The van der Waals surface area contributed by atoms with Gasteiger partial charge in [0.1, 0.15) is 0 Å². The molecule has 0 nitrogen and oxygen atoms in total. The van der Waals surface area contributed by atoms with Crippen LogP contribution in [-0.4, -0.2) is 0 Å². The second-order valence-corrected chi connectivity index (χ2v) is 6.07. The van der Waals surface area contributed by atoms with Gasteiger partial charge < -0.3 is 0 Å². The quantitative estimate of drug-likeness (QED) is 0.409.